The van der Waals surface area contributed by atoms with E-state index in [0.29, 0.717) is 13.1 Å². The summed E-state index contributed by atoms with van der Waals surface area (Å²) in [5, 5.41) is 2.82. The molecule has 1 amide bonds. The Labute approximate surface area is 123 Å². The number of nitrogens with zero attached hydrogens (tertiary/aromatic N) is 2. The summed E-state index contributed by atoms with van der Waals surface area (Å²) in [6.45, 7) is 5.30. The standard InChI is InChI=1S/C12H13BrN2OS2/c1-3-14-12-15(4-2)11(16)10(18-12)6-9-5-8(13)7-17-9/h5-7H,3-4H2,1-2H3. The van der Waals surface area contributed by atoms with Crippen molar-refractivity contribution in [3.05, 3.63) is 25.7 Å². The summed E-state index contributed by atoms with van der Waals surface area (Å²) in [5.74, 6) is 0.0548. The summed E-state index contributed by atoms with van der Waals surface area (Å²) in [5.41, 5.74) is 0. The predicted octanol–water partition coefficient (Wildman–Crippen LogP) is 3.82. The molecule has 0 saturated carbocycles. The van der Waals surface area contributed by atoms with Gasteiger partial charge in [0.05, 0.1) is 4.91 Å². The molecule has 0 unspecified atom stereocenters. The quantitative estimate of drug-likeness (QED) is 0.780. The van der Waals surface area contributed by atoms with E-state index in [4.69, 9.17) is 0 Å². The fourth-order valence-electron chi connectivity index (χ4n) is 1.57. The number of hydrogen-bond donors (Lipinski definition) is 0. The van der Waals surface area contributed by atoms with Crippen molar-refractivity contribution in [2.45, 2.75) is 13.8 Å². The number of rotatable bonds is 3. The minimum absolute atomic E-state index is 0.0548. The molecule has 0 spiro atoms. The van der Waals surface area contributed by atoms with Crippen molar-refractivity contribution in [1.29, 1.82) is 0 Å². The Bertz CT molecular complexity index is 522. The second-order valence-corrected chi connectivity index (χ2v) is 6.45. The Balaban J connectivity index is 2.28. The lowest BCUT2D eigenvalue weighted by Crippen LogP contribution is -2.28. The van der Waals surface area contributed by atoms with Gasteiger partial charge >= 0.3 is 0 Å². The summed E-state index contributed by atoms with van der Waals surface area (Å²) in [6.07, 6.45) is 1.93. The van der Waals surface area contributed by atoms with Gasteiger partial charge in [-0.2, -0.15) is 0 Å². The van der Waals surface area contributed by atoms with Crippen molar-refractivity contribution in [2.24, 2.45) is 4.99 Å². The highest BCUT2D eigenvalue weighted by Crippen LogP contribution is 2.33. The van der Waals surface area contributed by atoms with Gasteiger partial charge in [-0.25, -0.2) is 0 Å². The van der Waals surface area contributed by atoms with Gasteiger partial charge in [0.25, 0.3) is 5.91 Å². The molecule has 2 rings (SSSR count). The minimum Gasteiger partial charge on any atom is -0.287 e. The van der Waals surface area contributed by atoms with Crippen LogP contribution in [0.3, 0.4) is 0 Å². The first-order valence-corrected chi connectivity index (χ1v) is 8.14. The van der Waals surface area contributed by atoms with Gasteiger partial charge in [-0.1, -0.05) is 0 Å². The van der Waals surface area contributed by atoms with Crippen molar-refractivity contribution >= 4 is 56.2 Å². The molecular formula is C12H13BrN2OS2. The van der Waals surface area contributed by atoms with E-state index < -0.39 is 0 Å². The third kappa shape index (κ3) is 2.87. The Morgan fingerprint density at radius 3 is 2.83 bits per heavy atom. The molecule has 3 nitrogen and oxygen atoms in total. The molecule has 0 aromatic carbocycles. The fraction of sp³-hybridized carbons (Fsp3) is 0.333. The number of carbonyl (C=O) groups is 1. The lowest BCUT2D eigenvalue weighted by molar-refractivity contribution is -0.122. The number of thioether (sulfide) groups is 1. The first kappa shape index (κ1) is 13.8. The maximum atomic E-state index is 12.2. The molecule has 1 aliphatic heterocycles. The number of likely N-dealkylation sites (N-methyl/N-ethyl adjacent to an activating group) is 1. The van der Waals surface area contributed by atoms with Crippen LogP contribution in [0, 0.1) is 0 Å². The smallest absolute Gasteiger partial charge is 0.266 e. The van der Waals surface area contributed by atoms with E-state index in [-0.39, 0.29) is 5.91 Å². The largest absolute Gasteiger partial charge is 0.287 e. The SMILES string of the molecule is CCN=C1SC(=Cc2cc(Br)cs2)C(=O)N1CC. The van der Waals surface area contributed by atoms with Crippen LogP contribution in [0.2, 0.25) is 0 Å². The van der Waals surface area contributed by atoms with Gasteiger partial charge in [-0.3, -0.25) is 14.7 Å². The highest BCUT2D eigenvalue weighted by atomic mass is 79.9. The van der Waals surface area contributed by atoms with E-state index in [0.717, 1.165) is 19.4 Å². The van der Waals surface area contributed by atoms with Crippen LogP contribution < -0.4 is 0 Å². The van der Waals surface area contributed by atoms with Gasteiger partial charge in [-0.05, 0) is 53.7 Å². The molecule has 1 aromatic heterocycles. The molecular weight excluding hydrogens is 332 g/mol. The zero-order chi connectivity index (χ0) is 13.1. The molecule has 0 bridgehead atoms. The molecule has 2 heterocycles. The first-order chi connectivity index (χ1) is 8.65. The maximum Gasteiger partial charge on any atom is 0.266 e. The Morgan fingerprint density at radius 1 is 1.50 bits per heavy atom. The van der Waals surface area contributed by atoms with Crippen molar-refractivity contribution in [1.82, 2.24) is 4.90 Å². The van der Waals surface area contributed by atoms with Crippen LogP contribution in [0.15, 0.2) is 25.8 Å². The van der Waals surface area contributed by atoms with Gasteiger partial charge in [0.15, 0.2) is 5.17 Å². The van der Waals surface area contributed by atoms with Crippen LogP contribution in [0.1, 0.15) is 18.7 Å². The second-order valence-electron chi connectivity index (χ2n) is 3.58. The van der Waals surface area contributed by atoms with Crippen LogP contribution in [-0.4, -0.2) is 29.1 Å². The van der Waals surface area contributed by atoms with E-state index in [9.17, 15) is 4.79 Å². The third-order valence-electron chi connectivity index (χ3n) is 2.36. The molecule has 0 aliphatic carbocycles. The molecule has 1 fully saturated rings. The van der Waals surface area contributed by atoms with E-state index >= 15 is 0 Å². The second kappa shape index (κ2) is 6.04. The summed E-state index contributed by atoms with van der Waals surface area (Å²) in [4.78, 5) is 20.1. The van der Waals surface area contributed by atoms with E-state index in [1.165, 1.54) is 11.8 Å². The normalized spacial score (nSPS) is 20.4. The number of carbonyl (C=O) groups excluding carboxylic acids is 1. The third-order valence-corrected chi connectivity index (χ3v) is 5.04. The molecule has 96 valence electrons. The zero-order valence-corrected chi connectivity index (χ0v) is 13.4. The Kier molecular flexibility index (Phi) is 4.64. The average molecular weight is 345 g/mol. The van der Waals surface area contributed by atoms with E-state index in [1.807, 2.05) is 31.4 Å². The predicted molar refractivity (Wildman–Crippen MR) is 83.0 cm³/mol. The van der Waals surface area contributed by atoms with Crippen LogP contribution in [0.4, 0.5) is 0 Å². The highest BCUT2D eigenvalue weighted by Gasteiger charge is 2.31. The van der Waals surface area contributed by atoms with Gasteiger partial charge in [-0.15, -0.1) is 11.3 Å². The monoisotopic (exact) mass is 344 g/mol. The van der Waals surface area contributed by atoms with Crippen LogP contribution in [0.25, 0.3) is 6.08 Å². The highest BCUT2D eigenvalue weighted by molar-refractivity contribution is 9.10. The summed E-state index contributed by atoms with van der Waals surface area (Å²) in [6, 6.07) is 2.01. The van der Waals surface area contributed by atoms with Crippen LogP contribution >= 0.6 is 39.0 Å². The zero-order valence-electron chi connectivity index (χ0n) is 10.1. The number of thiophene rings is 1. The van der Waals surface area contributed by atoms with Crippen molar-refractivity contribution in [3.63, 3.8) is 0 Å². The minimum atomic E-state index is 0.0548. The van der Waals surface area contributed by atoms with Gasteiger partial charge in [0.2, 0.25) is 0 Å². The van der Waals surface area contributed by atoms with Crippen molar-refractivity contribution in [3.8, 4) is 0 Å². The van der Waals surface area contributed by atoms with Crippen molar-refractivity contribution in [2.75, 3.05) is 13.1 Å². The summed E-state index contributed by atoms with van der Waals surface area (Å²) in [7, 11) is 0. The summed E-state index contributed by atoms with van der Waals surface area (Å²) >= 11 is 6.49. The number of amidine groups is 1. The van der Waals surface area contributed by atoms with Gasteiger partial charge < -0.3 is 0 Å². The molecule has 0 atom stereocenters. The topological polar surface area (TPSA) is 32.7 Å². The van der Waals surface area contributed by atoms with Gasteiger partial charge in [0, 0.05) is 27.8 Å². The molecule has 0 N–H and O–H groups in total. The lowest BCUT2D eigenvalue weighted by atomic mass is 10.4. The number of aliphatic imine (C=N–C) groups is 1. The van der Waals surface area contributed by atoms with Crippen LogP contribution in [0.5, 0.6) is 0 Å². The Morgan fingerprint density at radius 2 is 2.28 bits per heavy atom. The lowest BCUT2D eigenvalue weighted by Gasteiger charge is -2.11. The maximum absolute atomic E-state index is 12.2. The fourth-order valence-corrected chi connectivity index (χ4v) is 4.12. The van der Waals surface area contributed by atoms with Gasteiger partial charge in [0.1, 0.15) is 0 Å². The molecule has 6 heteroatoms. The molecule has 0 radical (unpaired) electrons. The first-order valence-electron chi connectivity index (χ1n) is 5.65. The molecule has 1 aliphatic rings. The average Bonchev–Trinajstić information content (AvgIpc) is 2.86. The molecule has 1 saturated heterocycles. The Hall–Kier alpha value is -0.590. The van der Waals surface area contributed by atoms with Crippen molar-refractivity contribution < 1.29 is 4.79 Å². The molecule has 18 heavy (non-hydrogen) atoms. The van der Waals surface area contributed by atoms with E-state index in [2.05, 4.69) is 20.9 Å². The van der Waals surface area contributed by atoms with E-state index in [1.54, 1.807) is 16.2 Å². The number of halogens is 1. The number of hydrogen-bond acceptors (Lipinski definition) is 4. The molecule has 1 aromatic rings. The van der Waals surface area contributed by atoms with Crippen LogP contribution in [-0.2, 0) is 4.79 Å². The number of amides is 1. The summed E-state index contributed by atoms with van der Waals surface area (Å²) < 4.78 is 1.05.